The minimum absolute atomic E-state index is 0.632. The van der Waals surface area contributed by atoms with E-state index in [4.69, 9.17) is 10.8 Å². The average molecular weight is 119 g/mol. The topological polar surface area (TPSA) is 13.1 Å². The molecule has 1 radical (unpaired) electrons. The number of hydrogen-bond acceptors (Lipinski definition) is 1. The third-order valence-electron chi connectivity index (χ3n) is 0.964. The van der Waals surface area contributed by atoms with Gasteiger partial charge in [0, 0.05) is 12.8 Å². The zero-order valence-corrected chi connectivity index (χ0v) is 5.00. The Balaban J connectivity index is 2.41. The van der Waals surface area contributed by atoms with E-state index in [2.05, 4.69) is 5.92 Å². The van der Waals surface area contributed by atoms with Crippen molar-refractivity contribution in [1.82, 2.24) is 0 Å². The van der Waals surface area contributed by atoms with Gasteiger partial charge < -0.3 is 4.42 Å². The normalized spacial score (nSPS) is 8.78. The molecule has 0 saturated heterocycles. The summed E-state index contributed by atoms with van der Waals surface area (Å²) in [7, 11) is 0. The Morgan fingerprint density at radius 2 is 2.67 bits per heavy atom. The lowest BCUT2D eigenvalue weighted by Crippen LogP contribution is -1.72. The molecule has 0 unspecified atom stereocenters. The average Bonchev–Trinajstić information content (AvgIpc) is 2.34. The van der Waals surface area contributed by atoms with Crippen LogP contribution < -0.4 is 0 Å². The molecule has 0 N–H and O–H groups in total. The van der Waals surface area contributed by atoms with Crippen molar-refractivity contribution in [2.45, 2.75) is 6.42 Å². The van der Waals surface area contributed by atoms with Gasteiger partial charge in [0.15, 0.2) is 0 Å². The standard InChI is InChI=1S/C8H7O/c1-2-3-5-8-6-4-7-9-8/h1,4-7H,3H2. The molecule has 0 aliphatic rings. The summed E-state index contributed by atoms with van der Waals surface area (Å²) >= 11 is 0. The van der Waals surface area contributed by atoms with Crippen LogP contribution in [-0.4, -0.2) is 0 Å². The molecule has 45 valence electrons. The SMILES string of the molecule is C#CC[CH]c1ccco1. The van der Waals surface area contributed by atoms with E-state index in [9.17, 15) is 0 Å². The quantitative estimate of drug-likeness (QED) is 0.541. The first-order chi connectivity index (χ1) is 4.43. The smallest absolute Gasteiger partial charge is 0.108 e. The van der Waals surface area contributed by atoms with Gasteiger partial charge in [0.2, 0.25) is 0 Å². The van der Waals surface area contributed by atoms with Crippen LogP contribution in [0.4, 0.5) is 0 Å². The van der Waals surface area contributed by atoms with E-state index >= 15 is 0 Å². The predicted octanol–water partition coefficient (Wildman–Crippen LogP) is 1.86. The van der Waals surface area contributed by atoms with Crippen LogP contribution in [0.2, 0.25) is 0 Å². The molecule has 1 rings (SSSR count). The lowest BCUT2D eigenvalue weighted by molar-refractivity contribution is 0.538. The van der Waals surface area contributed by atoms with Crippen LogP contribution in [0.5, 0.6) is 0 Å². The monoisotopic (exact) mass is 119 g/mol. The molecule has 0 aliphatic heterocycles. The highest BCUT2D eigenvalue weighted by molar-refractivity contribution is 5.11. The molecule has 0 amide bonds. The van der Waals surface area contributed by atoms with Crippen LogP contribution in [-0.2, 0) is 0 Å². The van der Waals surface area contributed by atoms with Gasteiger partial charge in [-0.2, -0.15) is 0 Å². The number of terminal acetylenes is 1. The molecule has 9 heavy (non-hydrogen) atoms. The van der Waals surface area contributed by atoms with Gasteiger partial charge in [-0.1, -0.05) is 0 Å². The second-order valence-electron chi connectivity index (χ2n) is 1.63. The van der Waals surface area contributed by atoms with Crippen LogP contribution in [0, 0.1) is 18.8 Å². The van der Waals surface area contributed by atoms with Crippen LogP contribution in [0.15, 0.2) is 22.8 Å². The summed E-state index contributed by atoms with van der Waals surface area (Å²) in [4.78, 5) is 0. The first kappa shape index (κ1) is 5.97. The Labute approximate surface area is 54.7 Å². The van der Waals surface area contributed by atoms with E-state index < -0.39 is 0 Å². The molecule has 1 aromatic heterocycles. The lowest BCUT2D eigenvalue weighted by atomic mass is 10.3. The van der Waals surface area contributed by atoms with Gasteiger partial charge in [-0.05, 0) is 12.1 Å². The molecule has 0 saturated carbocycles. The van der Waals surface area contributed by atoms with Crippen LogP contribution in [0.25, 0.3) is 0 Å². The van der Waals surface area contributed by atoms with Crippen molar-refractivity contribution in [3.8, 4) is 12.3 Å². The Morgan fingerprint density at radius 3 is 3.22 bits per heavy atom. The van der Waals surface area contributed by atoms with E-state index in [1.807, 2.05) is 18.6 Å². The van der Waals surface area contributed by atoms with Crippen molar-refractivity contribution in [1.29, 1.82) is 0 Å². The molecule has 1 nitrogen and oxygen atoms in total. The maximum Gasteiger partial charge on any atom is 0.108 e. The molecule has 0 bridgehead atoms. The zero-order chi connectivity index (χ0) is 6.53. The van der Waals surface area contributed by atoms with Crippen LogP contribution in [0.3, 0.4) is 0 Å². The highest BCUT2D eigenvalue weighted by Crippen LogP contribution is 2.04. The third-order valence-corrected chi connectivity index (χ3v) is 0.964. The molecule has 1 heteroatoms. The summed E-state index contributed by atoms with van der Waals surface area (Å²) in [5.41, 5.74) is 0. The first-order valence-corrected chi connectivity index (χ1v) is 2.73. The fraction of sp³-hybridized carbons (Fsp3) is 0.125. The fourth-order valence-electron chi connectivity index (χ4n) is 0.567. The van der Waals surface area contributed by atoms with Gasteiger partial charge in [0.25, 0.3) is 0 Å². The summed E-state index contributed by atoms with van der Waals surface area (Å²) in [5.74, 6) is 3.33. The maximum absolute atomic E-state index is 5.02. The van der Waals surface area contributed by atoms with Gasteiger partial charge in [-0.3, -0.25) is 0 Å². The summed E-state index contributed by atoms with van der Waals surface area (Å²) < 4.78 is 4.98. The van der Waals surface area contributed by atoms with Gasteiger partial charge >= 0.3 is 0 Å². The van der Waals surface area contributed by atoms with Crippen molar-refractivity contribution < 1.29 is 4.42 Å². The highest BCUT2D eigenvalue weighted by Gasteiger charge is 1.91. The van der Waals surface area contributed by atoms with Gasteiger partial charge in [-0.25, -0.2) is 0 Å². The summed E-state index contributed by atoms with van der Waals surface area (Å²) in [6.45, 7) is 0. The molecular formula is C8H7O. The van der Waals surface area contributed by atoms with E-state index in [0.717, 1.165) is 5.76 Å². The summed E-state index contributed by atoms with van der Waals surface area (Å²) in [6.07, 6.45) is 9.14. The Bertz CT molecular complexity index is 191. The molecule has 0 aromatic carbocycles. The van der Waals surface area contributed by atoms with E-state index in [0.29, 0.717) is 6.42 Å². The Morgan fingerprint density at radius 1 is 1.78 bits per heavy atom. The third kappa shape index (κ3) is 1.65. The van der Waals surface area contributed by atoms with Crippen molar-refractivity contribution >= 4 is 0 Å². The first-order valence-electron chi connectivity index (χ1n) is 2.73. The van der Waals surface area contributed by atoms with Crippen molar-refractivity contribution in [3.63, 3.8) is 0 Å². The maximum atomic E-state index is 5.02. The largest absolute Gasteiger partial charge is 0.469 e. The van der Waals surface area contributed by atoms with Gasteiger partial charge in [0.1, 0.15) is 5.76 Å². The minimum Gasteiger partial charge on any atom is -0.469 e. The van der Waals surface area contributed by atoms with Gasteiger partial charge in [-0.15, -0.1) is 12.3 Å². The molecule has 1 heterocycles. The van der Waals surface area contributed by atoms with Gasteiger partial charge in [0.05, 0.1) is 6.26 Å². The summed E-state index contributed by atoms with van der Waals surface area (Å²) in [6, 6.07) is 3.71. The van der Waals surface area contributed by atoms with E-state index in [1.165, 1.54) is 0 Å². The summed E-state index contributed by atoms with van der Waals surface area (Å²) in [5, 5.41) is 0. The zero-order valence-electron chi connectivity index (χ0n) is 5.00. The minimum atomic E-state index is 0.632. The predicted molar refractivity (Wildman–Crippen MR) is 35.6 cm³/mol. The molecule has 0 fully saturated rings. The van der Waals surface area contributed by atoms with E-state index in [1.54, 1.807) is 6.26 Å². The highest BCUT2D eigenvalue weighted by atomic mass is 16.3. The van der Waals surface area contributed by atoms with Crippen molar-refractivity contribution in [2.24, 2.45) is 0 Å². The fourth-order valence-corrected chi connectivity index (χ4v) is 0.567. The number of hydrogen-bond donors (Lipinski definition) is 0. The van der Waals surface area contributed by atoms with Crippen molar-refractivity contribution in [2.75, 3.05) is 0 Å². The number of furan rings is 1. The van der Waals surface area contributed by atoms with E-state index in [-0.39, 0.29) is 0 Å². The molecule has 0 atom stereocenters. The second-order valence-corrected chi connectivity index (χ2v) is 1.63. The van der Waals surface area contributed by atoms with Crippen LogP contribution in [0.1, 0.15) is 12.2 Å². The lowest BCUT2D eigenvalue weighted by Gasteiger charge is -1.85. The molecule has 1 aromatic rings. The molecule has 0 spiro atoms. The second kappa shape index (κ2) is 2.99. The molecular weight excluding hydrogens is 112 g/mol. The Hall–Kier alpha value is -1.16. The molecule has 0 aliphatic carbocycles. The van der Waals surface area contributed by atoms with Crippen molar-refractivity contribution in [3.05, 3.63) is 30.6 Å². The number of rotatable bonds is 2. The Kier molecular flexibility index (Phi) is 1.98. The van der Waals surface area contributed by atoms with Crippen LogP contribution >= 0.6 is 0 Å².